The van der Waals surface area contributed by atoms with Crippen molar-refractivity contribution in [1.82, 2.24) is 15.2 Å². The van der Waals surface area contributed by atoms with Crippen LogP contribution in [0.2, 0.25) is 5.02 Å². The number of aromatic nitrogens is 1. The maximum Gasteiger partial charge on any atom is 0.270 e. The van der Waals surface area contributed by atoms with Crippen molar-refractivity contribution in [3.8, 4) is 0 Å². The van der Waals surface area contributed by atoms with Crippen molar-refractivity contribution < 1.29 is 4.79 Å². The second-order valence-corrected chi connectivity index (χ2v) is 4.83. The Bertz CT molecular complexity index is 587. The lowest BCUT2D eigenvalue weighted by atomic mass is 10.2. The second-order valence-electron chi connectivity index (χ2n) is 4.43. The van der Waals surface area contributed by atoms with Crippen LogP contribution in [-0.2, 0) is 0 Å². The lowest BCUT2D eigenvalue weighted by Gasteiger charge is -2.26. The second kappa shape index (κ2) is 4.63. The predicted molar refractivity (Wildman–Crippen MR) is 72.1 cm³/mol. The Morgan fingerprint density at radius 2 is 2.06 bits per heavy atom. The number of H-pyrrole nitrogens is 1. The van der Waals surface area contributed by atoms with Gasteiger partial charge in [0.15, 0.2) is 0 Å². The first kappa shape index (κ1) is 11.6. The number of amides is 1. The van der Waals surface area contributed by atoms with Gasteiger partial charge in [0.2, 0.25) is 0 Å². The van der Waals surface area contributed by atoms with Gasteiger partial charge in [0, 0.05) is 42.1 Å². The summed E-state index contributed by atoms with van der Waals surface area (Å²) in [5, 5.41) is 4.80. The van der Waals surface area contributed by atoms with Gasteiger partial charge >= 0.3 is 0 Å². The Morgan fingerprint density at radius 1 is 1.28 bits per heavy atom. The van der Waals surface area contributed by atoms with Crippen molar-refractivity contribution in [3.05, 3.63) is 35.0 Å². The highest BCUT2D eigenvalue weighted by molar-refractivity contribution is 6.35. The summed E-state index contributed by atoms with van der Waals surface area (Å²) in [6, 6.07) is 7.47. The Balaban J connectivity index is 1.94. The van der Waals surface area contributed by atoms with Crippen LogP contribution in [0.5, 0.6) is 0 Å². The van der Waals surface area contributed by atoms with Crippen molar-refractivity contribution in [2.45, 2.75) is 0 Å². The van der Waals surface area contributed by atoms with E-state index < -0.39 is 0 Å². The van der Waals surface area contributed by atoms with Crippen molar-refractivity contribution in [1.29, 1.82) is 0 Å². The molecule has 1 aromatic carbocycles. The summed E-state index contributed by atoms with van der Waals surface area (Å²) < 4.78 is 0. The zero-order valence-electron chi connectivity index (χ0n) is 9.87. The average molecular weight is 264 g/mol. The molecule has 0 aliphatic carbocycles. The van der Waals surface area contributed by atoms with E-state index in [1.165, 1.54) is 0 Å². The first-order valence-corrected chi connectivity index (χ1v) is 6.41. The van der Waals surface area contributed by atoms with Gasteiger partial charge < -0.3 is 15.2 Å². The third-order valence-electron chi connectivity index (χ3n) is 3.25. The molecule has 1 saturated heterocycles. The molecule has 1 amide bonds. The Hall–Kier alpha value is -1.52. The third-order valence-corrected chi connectivity index (χ3v) is 3.58. The number of benzene rings is 1. The smallest absolute Gasteiger partial charge is 0.270 e. The molecule has 94 valence electrons. The zero-order chi connectivity index (χ0) is 12.5. The number of carbonyl (C=O) groups is 1. The number of nitrogens with zero attached hydrogens (tertiary/aromatic N) is 1. The van der Waals surface area contributed by atoms with Gasteiger partial charge in [-0.1, -0.05) is 17.7 Å². The molecule has 2 aromatic rings. The van der Waals surface area contributed by atoms with Crippen molar-refractivity contribution in [2.24, 2.45) is 0 Å². The molecular weight excluding hydrogens is 250 g/mol. The van der Waals surface area contributed by atoms with Gasteiger partial charge in [-0.2, -0.15) is 0 Å². The average Bonchev–Trinajstić information content (AvgIpc) is 2.84. The summed E-state index contributed by atoms with van der Waals surface area (Å²) in [7, 11) is 0. The predicted octanol–water partition coefficient (Wildman–Crippen LogP) is 1.87. The minimum absolute atomic E-state index is 0.0452. The van der Waals surface area contributed by atoms with Crippen LogP contribution in [0, 0.1) is 0 Å². The van der Waals surface area contributed by atoms with Crippen molar-refractivity contribution >= 4 is 28.4 Å². The minimum Gasteiger partial charge on any atom is -0.350 e. The fraction of sp³-hybridized carbons (Fsp3) is 0.308. The molecule has 2 N–H and O–H groups in total. The summed E-state index contributed by atoms with van der Waals surface area (Å²) >= 11 is 6.11. The van der Waals surface area contributed by atoms with Crippen LogP contribution in [-0.4, -0.2) is 42.0 Å². The largest absolute Gasteiger partial charge is 0.350 e. The number of hydrogen-bond acceptors (Lipinski definition) is 2. The number of aromatic amines is 1. The van der Waals surface area contributed by atoms with E-state index in [0.29, 0.717) is 10.7 Å². The number of fused-ring (bicyclic) bond motifs is 1. The quantitative estimate of drug-likeness (QED) is 0.825. The van der Waals surface area contributed by atoms with E-state index >= 15 is 0 Å². The molecule has 4 nitrogen and oxygen atoms in total. The monoisotopic (exact) mass is 263 g/mol. The van der Waals surface area contributed by atoms with E-state index in [2.05, 4.69) is 10.3 Å². The van der Waals surface area contributed by atoms with Gasteiger partial charge in [-0.3, -0.25) is 4.79 Å². The number of halogens is 1. The maximum atomic E-state index is 12.3. The molecule has 2 heterocycles. The summed E-state index contributed by atoms with van der Waals surface area (Å²) in [6.45, 7) is 3.21. The fourth-order valence-corrected chi connectivity index (χ4v) is 2.50. The van der Waals surface area contributed by atoms with E-state index in [1.54, 1.807) is 0 Å². The summed E-state index contributed by atoms with van der Waals surface area (Å²) in [5.74, 6) is 0.0452. The van der Waals surface area contributed by atoms with Crippen LogP contribution in [0.1, 0.15) is 10.5 Å². The molecule has 0 bridgehead atoms. The molecule has 1 aliphatic heterocycles. The number of hydrogen-bond donors (Lipinski definition) is 2. The van der Waals surface area contributed by atoms with E-state index in [9.17, 15) is 4.79 Å². The molecule has 0 spiro atoms. The molecule has 0 atom stereocenters. The molecule has 0 unspecified atom stereocenters. The van der Waals surface area contributed by atoms with Gasteiger partial charge in [-0.05, 0) is 18.2 Å². The lowest BCUT2D eigenvalue weighted by Crippen LogP contribution is -2.46. The Labute approximate surface area is 110 Å². The Kier molecular flexibility index (Phi) is 2.97. The normalized spacial score (nSPS) is 16.2. The molecular formula is C13H14ClN3O. The van der Waals surface area contributed by atoms with E-state index in [0.717, 1.165) is 37.1 Å². The number of rotatable bonds is 1. The van der Waals surface area contributed by atoms with Gasteiger partial charge in [-0.15, -0.1) is 0 Å². The topological polar surface area (TPSA) is 48.1 Å². The molecule has 1 aromatic heterocycles. The van der Waals surface area contributed by atoms with Gasteiger partial charge in [0.25, 0.3) is 5.91 Å². The maximum absolute atomic E-state index is 12.3. The number of piperazine rings is 1. The summed E-state index contributed by atoms with van der Waals surface area (Å²) in [6.07, 6.45) is 0. The number of carbonyl (C=O) groups excluding carboxylic acids is 1. The summed E-state index contributed by atoms with van der Waals surface area (Å²) in [5.41, 5.74) is 1.51. The van der Waals surface area contributed by atoms with Crippen LogP contribution in [0.25, 0.3) is 10.9 Å². The standard InChI is InChI=1S/C13H14ClN3O/c14-10-2-1-3-11-9(10)8-12(16-11)13(18)17-6-4-15-5-7-17/h1-3,8,15-16H,4-7H2. The van der Waals surface area contributed by atoms with Gasteiger partial charge in [0.1, 0.15) is 5.69 Å². The molecule has 1 aliphatic rings. The SMILES string of the molecule is O=C(c1cc2c(Cl)cccc2[nH]1)N1CCNCC1. The first-order valence-electron chi connectivity index (χ1n) is 6.03. The van der Waals surface area contributed by atoms with Crippen LogP contribution in [0.15, 0.2) is 24.3 Å². The molecule has 1 fully saturated rings. The van der Waals surface area contributed by atoms with Crippen LogP contribution >= 0.6 is 11.6 Å². The van der Waals surface area contributed by atoms with E-state index in [1.807, 2.05) is 29.2 Å². The fourth-order valence-electron chi connectivity index (χ4n) is 2.27. The highest BCUT2D eigenvalue weighted by atomic mass is 35.5. The highest BCUT2D eigenvalue weighted by Gasteiger charge is 2.19. The molecule has 0 radical (unpaired) electrons. The van der Waals surface area contributed by atoms with Crippen molar-refractivity contribution in [3.63, 3.8) is 0 Å². The molecule has 18 heavy (non-hydrogen) atoms. The van der Waals surface area contributed by atoms with Gasteiger partial charge in [0.05, 0.1) is 0 Å². The van der Waals surface area contributed by atoms with Crippen LogP contribution < -0.4 is 5.32 Å². The van der Waals surface area contributed by atoms with E-state index in [4.69, 9.17) is 11.6 Å². The van der Waals surface area contributed by atoms with Crippen LogP contribution in [0.4, 0.5) is 0 Å². The summed E-state index contributed by atoms with van der Waals surface area (Å²) in [4.78, 5) is 17.3. The lowest BCUT2D eigenvalue weighted by molar-refractivity contribution is 0.0731. The number of nitrogens with one attached hydrogen (secondary N) is 2. The Morgan fingerprint density at radius 3 is 2.78 bits per heavy atom. The highest BCUT2D eigenvalue weighted by Crippen LogP contribution is 2.24. The van der Waals surface area contributed by atoms with Crippen molar-refractivity contribution in [2.75, 3.05) is 26.2 Å². The van der Waals surface area contributed by atoms with Crippen LogP contribution in [0.3, 0.4) is 0 Å². The minimum atomic E-state index is 0.0452. The zero-order valence-corrected chi connectivity index (χ0v) is 10.6. The molecule has 0 saturated carbocycles. The molecule has 3 rings (SSSR count). The molecule has 5 heteroatoms. The first-order chi connectivity index (χ1) is 8.75. The van der Waals surface area contributed by atoms with E-state index in [-0.39, 0.29) is 5.91 Å². The van der Waals surface area contributed by atoms with Gasteiger partial charge in [-0.25, -0.2) is 0 Å². The third kappa shape index (κ3) is 1.98.